The maximum atomic E-state index is 12.1. The molecule has 0 unspecified atom stereocenters. The topological polar surface area (TPSA) is 75.2 Å². The molecule has 0 aromatic carbocycles. The summed E-state index contributed by atoms with van der Waals surface area (Å²) in [5, 5.41) is 2.91. The lowest BCUT2D eigenvalue weighted by Gasteiger charge is -2.17. The number of hydrogen-bond donors (Lipinski definition) is 1. The molecule has 0 saturated carbocycles. The lowest BCUT2D eigenvalue weighted by atomic mass is 10.6. The standard InChI is InChI=1S/C10H18N4O2S/c1-4-11-10-12-7-9(8-13-10)17(15,16)14(5-2)6-3/h7-8H,4-6H2,1-3H3,(H,11,12,13). The molecular formula is C10H18N4O2S. The van der Waals surface area contributed by atoms with Crippen LogP contribution in [0.4, 0.5) is 5.95 Å². The molecule has 0 amide bonds. The lowest BCUT2D eigenvalue weighted by Crippen LogP contribution is -2.30. The van der Waals surface area contributed by atoms with E-state index in [0.717, 1.165) is 0 Å². The van der Waals surface area contributed by atoms with Gasteiger partial charge in [-0.2, -0.15) is 4.31 Å². The van der Waals surface area contributed by atoms with Crippen molar-refractivity contribution in [1.29, 1.82) is 0 Å². The number of nitrogens with one attached hydrogen (secondary N) is 1. The number of nitrogens with zero attached hydrogens (tertiary/aromatic N) is 3. The van der Waals surface area contributed by atoms with E-state index < -0.39 is 10.0 Å². The van der Waals surface area contributed by atoms with Crippen molar-refractivity contribution in [2.45, 2.75) is 25.7 Å². The van der Waals surface area contributed by atoms with Crippen molar-refractivity contribution in [3.05, 3.63) is 12.4 Å². The molecule has 0 aliphatic rings. The van der Waals surface area contributed by atoms with Gasteiger partial charge in [0.1, 0.15) is 4.90 Å². The van der Waals surface area contributed by atoms with Gasteiger partial charge in [0.25, 0.3) is 0 Å². The van der Waals surface area contributed by atoms with Gasteiger partial charge < -0.3 is 5.32 Å². The van der Waals surface area contributed by atoms with E-state index in [1.54, 1.807) is 13.8 Å². The predicted octanol–water partition coefficient (Wildman–Crippen LogP) is 0.939. The number of sulfonamides is 1. The second kappa shape index (κ2) is 5.92. The van der Waals surface area contributed by atoms with Crippen LogP contribution in [0.25, 0.3) is 0 Å². The van der Waals surface area contributed by atoms with E-state index in [9.17, 15) is 8.42 Å². The molecule has 0 bridgehead atoms. The first-order valence-corrected chi connectivity index (χ1v) is 7.06. The Hall–Kier alpha value is -1.21. The second-order valence-corrected chi connectivity index (χ2v) is 5.30. The summed E-state index contributed by atoms with van der Waals surface area (Å²) < 4.78 is 25.6. The van der Waals surface area contributed by atoms with Crippen LogP contribution in [-0.4, -0.2) is 42.3 Å². The highest BCUT2D eigenvalue weighted by Gasteiger charge is 2.22. The molecule has 0 saturated heterocycles. The van der Waals surface area contributed by atoms with Gasteiger partial charge in [-0.3, -0.25) is 0 Å². The van der Waals surface area contributed by atoms with Gasteiger partial charge in [-0.15, -0.1) is 0 Å². The molecule has 96 valence electrons. The fourth-order valence-electron chi connectivity index (χ4n) is 1.41. The van der Waals surface area contributed by atoms with Crippen molar-refractivity contribution in [3.63, 3.8) is 0 Å². The lowest BCUT2D eigenvalue weighted by molar-refractivity contribution is 0.444. The van der Waals surface area contributed by atoms with Gasteiger partial charge in [0.2, 0.25) is 16.0 Å². The van der Waals surface area contributed by atoms with Crippen LogP contribution >= 0.6 is 0 Å². The number of anilines is 1. The molecule has 1 aromatic rings. The zero-order valence-electron chi connectivity index (χ0n) is 10.3. The van der Waals surface area contributed by atoms with Crippen LogP contribution in [0.2, 0.25) is 0 Å². The maximum Gasteiger partial charge on any atom is 0.246 e. The van der Waals surface area contributed by atoms with Crippen molar-refractivity contribution < 1.29 is 8.42 Å². The van der Waals surface area contributed by atoms with Crippen LogP contribution in [0.3, 0.4) is 0 Å². The van der Waals surface area contributed by atoms with E-state index in [4.69, 9.17) is 0 Å². The molecule has 1 rings (SSSR count). The van der Waals surface area contributed by atoms with E-state index in [1.807, 2.05) is 6.92 Å². The Morgan fingerprint density at radius 1 is 1.18 bits per heavy atom. The van der Waals surface area contributed by atoms with Gasteiger partial charge in [-0.05, 0) is 6.92 Å². The zero-order valence-corrected chi connectivity index (χ0v) is 11.2. The maximum absolute atomic E-state index is 12.1. The van der Waals surface area contributed by atoms with Gasteiger partial charge in [-0.25, -0.2) is 18.4 Å². The third-order valence-corrected chi connectivity index (χ3v) is 4.31. The Kier molecular flexibility index (Phi) is 4.83. The average Bonchev–Trinajstić information content (AvgIpc) is 2.31. The second-order valence-electron chi connectivity index (χ2n) is 3.36. The molecule has 1 aromatic heterocycles. The molecule has 7 heteroatoms. The van der Waals surface area contributed by atoms with Crippen molar-refractivity contribution in [3.8, 4) is 0 Å². The van der Waals surface area contributed by atoms with Gasteiger partial charge in [0.15, 0.2) is 0 Å². The van der Waals surface area contributed by atoms with Crippen LogP contribution < -0.4 is 5.32 Å². The number of aromatic nitrogens is 2. The highest BCUT2D eigenvalue weighted by Crippen LogP contribution is 2.13. The Bertz CT molecular complexity index is 440. The van der Waals surface area contributed by atoms with Crippen LogP contribution in [0, 0.1) is 0 Å². The summed E-state index contributed by atoms with van der Waals surface area (Å²) in [4.78, 5) is 8.04. The van der Waals surface area contributed by atoms with E-state index >= 15 is 0 Å². The summed E-state index contributed by atoms with van der Waals surface area (Å²) in [6, 6.07) is 0. The summed E-state index contributed by atoms with van der Waals surface area (Å²) in [6.45, 7) is 7.09. The molecule has 1 heterocycles. The zero-order chi connectivity index (χ0) is 12.9. The summed E-state index contributed by atoms with van der Waals surface area (Å²) >= 11 is 0. The van der Waals surface area contributed by atoms with E-state index in [1.165, 1.54) is 16.7 Å². The number of rotatable bonds is 6. The molecule has 0 radical (unpaired) electrons. The predicted molar refractivity (Wildman–Crippen MR) is 66.3 cm³/mol. The first-order chi connectivity index (χ1) is 8.06. The number of hydrogen-bond acceptors (Lipinski definition) is 5. The van der Waals surface area contributed by atoms with E-state index in [2.05, 4.69) is 15.3 Å². The Morgan fingerprint density at radius 3 is 2.12 bits per heavy atom. The molecule has 17 heavy (non-hydrogen) atoms. The van der Waals surface area contributed by atoms with Crippen LogP contribution in [0.5, 0.6) is 0 Å². The highest BCUT2D eigenvalue weighted by atomic mass is 32.2. The molecular weight excluding hydrogens is 240 g/mol. The minimum Gasteiger partial charge on any atom is -0.355 e. The summed E-state index contributed by atoms with van der Waals surface area (Å²) in [7, 11) is -3.45. The molecule has 0 atom stereocenters. The van der Waals surface area contributed by atoms with Crippen LogP contribution in [0.1, 0.15) is 20.8 Å². The molecule has 6 nitrogen and oxygen atoms in total. The van der Waals surface area contributed by atoms with Crippen LogP contribution in [-0.2, 0) is 10.0 Å². The van der Waals surface area contributed by atoms with Gasteiger partial charge >= 0.3 is 0 Å². The minimum atomic E-state index is -3.45. The van der Waals surface area contributed by atoms with Crippen molar-refractivity contribution in [2.24, 2.45) is 0 Å². The monoisotopic (exact) mass is 258 g/mol. The third-order valence-electron chi connectivity index (χ3n) is 2.31. The molecule has 0 spiro atoms. The molecule has 0 fully saturated rings. The summed E-state index contributed by atoms with van der Waals surface area (Å²) in [6.07, 6.45) is 2.66. The minimum absolute atomic E-state index is 0.128. The molecule has 0 aliphatic heterocycles. The fraction of sp³-hybridized carbons (Fsp3) is 0.600. The summed E-state index contributed by atoms with van der Waals surface area (Å²) in [5.41, 5.74) is 0. The normalized spacial score (nSPS) is 11.8. The van der Waals surface area contributed by atoms with Gasteiger partial charge in [0.05, 0.1) is 12.4 Å². The third kappa shape index (κ3) is 3.13. The Balaban J connectivity index is 2.99. The molecule has 0 aliphatic carbocycles. The Labute approximate surface area is 102 Å². The van der Waals surface area contributed by atoms with Crippen molar-refractivity contribution >= 4 is 16.0 Å². The van der Waals surface area contributed by atoms with Gasteiger partial charge in [-0.1, -0.05) is 13.8 Å². The fourth-order valence-corrected chi connectivity index (χ4v) is 2.76. The quantitative estimate of drug-likeness (QED) is 0.822. The Morgan fingerprint density at radius 2 is 1.71 bits per heavy atom. The smallest absolute Gasteiger partial charge is 0.246 e. The van der Waals surface area contributed by atoms with Gasteiger partial charge in [0, 0.05) is 19.6 Å². The summed E-state index contributed by atoms with van der Waals surface area (Å²) in [5.74, 6) is 0.436. The SMILES string of the molecule is CCNc1ncc(S(=O)(=O)N(CC)CC)cn1. The van der Waals surface area contributed by atoms with E-state index in [0.29, 0.717) is 25.6 Å². The van der Waals surface area contributed by atoms with E-state index in [-0.39, 0.29) is 4.90 Å². The molecule has 1 N–H and O–H groups in total. The van der Waals surface area contributed by atoms with Crippen molar-refractivity contribution in [2.75, 3.05) is 25.0 Å². The first-order valence-electron chi connectivity index (χ1n) is 5.62. The highest BCUT2D eigenvalue weighted by molar-refractivity contribution is 7.89. The largest absolute Gasteiger partial charge is 0.355 e. The average molecular weight is 258 g/mol. The van der Waals surface area contributed by atoms with Crippen molar-refractivity contribution in [1.82, 2.24) is 14.3 Å². The first kappa shape index (κ1) is 13.9. The van der Waals surface area contributed by atoms with Crippen LogP contribution in [0.15, 0.2) is 17.3 Å².